The lowest BCUT2D eigenvalue weighted by Gasteiger charge is -2.28. The second kappa shape index (κ2) is 57.4. The van der Waals surface area contributed by atoms with Crippen molar-refractivity contribution in [3.63, 3.8) is 0 Å². The Morgan fingerprint density at radius 3 is 1.23 bits per heavy atom. The van der Waals surface area contributed by atoms with Crippen LogP contribution in [0.15, 0.2) is 60.8 Å². The first-order valence-electron chi connectivity index (χ1n) is 32.7. The van der Waals surface area contributed by atoms with E-state index in [0.29, 0.717) is 23.9 Å². The number of aliphatic hydroxyl groups is 2. The molecule has 0 heterocycles. The Kier molecular flexibility index (Phi) is 56.0. The molecule has 4 atom stereocenters. The molecular weight excluding hydrogens is 976 g/mol. The summed E-state index contributed by atoms with van der Waals surface area (Å²) in [5, 5.41) is 24.8. The number of carbonyl (C=O) groups is 1. The molecule has 0 fully saturated rings. The summed E-state index contributed by atoms with van der Waals surface area (Å²) in [5.74, 6) is -0.271. The smallest absolute Gasteiger partial charge is 0.390 e. The van der Waals surface area contributed by atoms with E-state index in [9.17, 15) is 24.5 Å². The average molecular weight is 1100 g/mol. The first-order valence-corrected chi connectivity index (χ1v) is 34.2. The molecule has 0 aliphatic heterocycles. The summed E-state index contributed by atoms with van der Waals surface area (Å²) < 4.78 is 23.6. The third kappa shape index (κ3) is 58.6. The van der Waals surface area contributed by atoms with Crippen LogP contribution in [0.2, 0.25) is 0 Å². The maximum Gasteiger partial charge on any atom is 0.472 e. The highest BCUT2D eigenvalue weighted by Crippen LogP contribution is 2.43. The predicted octanol–water partition coefficient (Wildman–Crippen LogP) is 19.4. The summed E-state index contributed by atoms with van der Waals surface area (Å²) in [4.78, 5) is 23.3. The second-order valence-electron chi connectivity index (χ2n) is 23.6. The highest BCUT2D eigenvalue weighted by atomic mass is 31.2. The van der Waals surface area contributed by atoms with E-state index in [-0.39, 0.29) is 18.9 Å². The molecule has 0 aromatic heterocycles. The molecule has 4 unspecified atom stereocenters. The maximum absolute atomic E-state index is 13.0. The molecule has 0 radical (unpaired) electrons. The van der Waals surface area contributed by atoms with E-state index in [1.807, 2.05) is 28.1 Å². The molecule has 0 aromatic carbocycles. The number of quaternary nitrogens is 1. The number of likely N-dealkylation sites (N-methyl/N-ethyl adjacent to an activating group) is 1. The van der Waals surface area contributed by atoms with Crippen molar-refractivity contribution in [2.45, 2.75) is 321 Å². The Hall–Kier alpha value is -1.84. The van der Waals surface area contributed by atoms with Gasteiger partial charge in [-0.25, -0.2) is 4.57 Å². The molecule has 77 heavy (non-hydrogen) atoms. The molecular formula is C67H128N2O7P+. The number of aliphatic hydroxyl groups excluding tert-OH is 2. The predicted molar refractivity (Wildman–Crippen MR) is 333 cm³/mol. The van der Waals surface area contributed by atoms with Crippen molar-refractivity contribution in [2.24, 2.45) is 0 Å². The van der Waals surface area contributed by atoms with Crippen LogP contribution in [0.25, 0.3) is 0 Å². The van der Waals surface area contributed by atoms with Crippen molar-refractivity contribution in [1.29, 1.82) is 0 Å². The minimum atomic E-state index is -4.44. The van der Waals surface area contributed by atoms with Crippen molar-refractivity contribution in [3.8, 4) is 0 Å². The van der Waals surface area contributed by atoms with Crippen LogP contribution in [0.3, 0.4) is 0 Å². The number of nitrogens with one attached hydrogen (secondary N) is 1. The molecule has 452 valence electrons. The van der Waals surface area contributed by atoms with E-state index < -0.39 is 32.7 Å². The number of allylic oxidation sites excluding steroid dienone is 10. The highest BCUT2D eigenvalue weighted by Gasteiger charge is 2.32. The zero-order valence-electron chi connectivity index (χ0n) is 51.3. The van der Waals surface area contributed by atoms with E-state index in [2.05, 4.69) is 73.0 Å². The average Bonchev–Trinajstić information content (AvgIpc) is 3.39. The van der Waals surface area contributed by atoms with Crippen LogP contribution >= 0.6 is 7.82 Å². The molecule has 0 spiro atoms. The van der Waals surface area contributed by atoms with Gasteiger partial charge in [0.05, 0.1) is 39.9 Å². The van der Waals surface area contributed by atoms with Crippen molar-refractivity contribution in [2.75, 3.05) is 40.9 Å². The number of phosphoric ester groups is 1. The molecule has 0 aliphatic rings. The van der Waals surface area contributed by atoms with Crippen molar-refractivity contribution >= 4 is 13.7 Å². The summed E-state index contributed by atoms with van der Waals surface area (Å²) in [6.07, 6.45) is 75.3. The number of nitrogens with zero attached hydrogens (tertiary/aromatic N) is 1. The molecule has 0 saturated carbocycles. The van der Waals surface area contributed by atoms with Crippen LogP contribution in [-0.2, 0) is 18.4 Å². The number of phosphoric acid groups is 1. The first-order chi connectivity index (χ1) is 37.4. The van der Waals surface area contributed by atoms with Gasteiger partial charge in [-0.2, -0.15) is 0 Å². The Labute approximate surface area is 477 Å². The van der Waals surface area contributed by atoms with Gasteiger partial charge in [-0.15, -0.1) is 0 Å². The molecule has 0 aliphatic carbocycles. The highest BCUT2D eigenvalue weighted by molar-refractivity contribution is 7.47. The number of hydrogen-bond acceptors (Lipinski definition) is 6. The van der Waals surface area contributed by atoms with Crippen LogP contribution in [0, 0.1) is 0 Å². The van der Waals surface area contributed by atoms with Crippen LogP contribution in [0.1, 0.15) is 303 Å². The zero-order valence-corrected chi connectivity index (χ0v) is 52.2. The van der Waals surface area contributed by atoms with Gasteiger partial charge in [0.1, 0.15) is 19.3 Å². The number of unbranched alkanes of at least 4 members (excludes halogenated alkanes) is 37. The lowest BCUT2D eigenvalue weighted by atomic mass is 10.0. The van der Waals surface area contributed by atoms with Gasteiger partial charge in [0.15, 0.2) is 0 Å². The quantitative estimate of drug-likeness (QED) is 0.0207. The largest absolute Gasteiger partial charge is 0.472 e. The van der Waals surface area contributed by atoms with Gasteiger partial charge in [-0.3, -0.25) is 13.8 Å². The van der Waals surface area contributed by atoms with E-state index in [1.165, 1.54) is 212 Å². The molecule has 0 rings (SSSR count). The summed E-state index contributed by atoms with van der Waals surface area (Å²) in [6.45, 7) is 4.37. The lowest BCUT2D eigenvalue weighted by Crippen LogP contribution is -2.51. The van der Waals surface area contributed by atoms with Gasteiger partial charge in [-0.1, -0.05) is 267 Å². The standard InChI is InChI=1S/C67H127N2O7P/c1-6-8-10-12-14-16-18-20-21-22-23-24-25-26-27-28-29-30-31-32-33-34-35-36-37-38-39-40-41-42-43-44-45-46-47-48-50-52-54-56-58-60-66(71)68-64(63-76-77(73,74)75-62-61-69(3,4)5)67(72)65(70)59-57-55-53-51-49-19-17-15-13-11-9-7-2/h7,9,15,17-18,20,22-23,51,53,64-65,67,70,72H,6,8,10-14,16,19,21,24-50,52,54-63H2,1-5H3,(H-,68,71,73,74)/p+1/b9-7+,17-15+,20-18-,23-22-,53-51+. The summed E-state index contributed by atoms with van der Waals surface area (Å²) in [5.41, 5.74) is 0. The SMILES string of the molecule is C/C=C/CC/C=C/CC/C=C/CCCC(O)C(O)C(COP(=O)(O)OCC[N+](C)(C)C)NC(=O)CCCCCCCCCCCCCCCCCCCCCCCCCCCCCCC/C=C\C/C=C\CCCCCCC. The number of rotatable bonds is 60. The summed E-state index contributed by atoms with van der Waals surface area (Å²) >= 11 is 0. The summed E-state index contributed by atoms with van der Waals surface area (Å²) in [6, 6.07) is -1.06. The van der Waals surface area contributed by atoms with Crippen molar-refractivity contribution in [1.82, 2.24) is 5.32 Å². The molecule has 0 saturated heterocycles. The third-order valence-corrected chi connectivity index (χ3v) is 15.9. The number of hydrogen-bond donors (Lipinski definition) is 4. The van der Waals surface area contributed by atoms with E-state index in [4.69, 9.17) is 9.05 Å². The molecule has 4 N–H and O–H groups in total. The van der Waals surface area contributed by atoms with Gasteiger partial charge >= 0.3 is 7.82 Å². The molecule has 0 aromatic rings. The first kappa shape index (κ1) is 75.2. The van der Waals surface area contributed by atoms with Crippen LogP contribution in [0.4, 0.5) is 0 Å². The molecule has 1 amide bonds. The topological polar surface area (TPSA) is 125 Å². The second-order valence-corrected chi connectivity index (χ2v) is 25.1. The fourth-order valence-electron chi connectivity index (χ4n) is 9.75. The van der Waals surface area contributed by atoms with E-state index in [1.54, 1.807) is 0 Å². The van der Waals surface area contributed by atoms with Crippen LogP contribution in [-0.4, -0.2) is 84.6 Å². The van der Waals surface area contributed by atoms with Crippen LogP contribution in [0.5, 0.6) is 0 Å². The normalized spacial score (nSPS) is 14.5. The number of amides is 1. The van der Waals surface area contributed by atoms with Gasteiger partial charge in [-0.05, 0) is 90.4 Å². The lowest BCUT2D eigenvalue weighted by molar-refractivity contribution is -0.870. The Morgan fingerprint density at radius 2 is 0.831 bits per heavy atom. The Balaban J connectivity index is 3.89. The fraction of sp³-hybridized carbons (Fsp3) is 0.836. The van der Waals surface area contributed by atoms with Gasteiger partial charge in [0, 0.05) is 6.42 Å². The van der Waals surface area contributed by atoms with Crippen molar-refractivity contribution < 1.29 is 38.0 Å². The molecule has 0 bridgehead atoms. The monoisotopic (exact) mass is 1100 g/mol. The Bertz CT molecular complexity index is 1460. The third-order valence-electron chi connectivity index (χ3n) is 14.9. The molecule has 9 nitrogen and oxygen atoms in total. The minimum absolute atomic E-state index is 0.0124. The van der Waals surface area contributed by atoms with Crippen molar-refractivity contribution in [3.05, 3.63) is 60.8 Å². The fourth-order valence-corrected chi connectivity index (χ4v) is 10.5. The minimum Gasteiger partial charge on any atom is -0.390 e. The zero-order chi connectivity index (χ0) is 56.4. The van der Waals surface area contributed by atoms with E-state index in [0.717, 1.165) is 57.8 Å². The number of carbonyl (C=O) groups excluding carboxylic acids is 1. The van der Waals surface area contributed by atoms with E-state index >= 15 is 0 Å². The maximum atomic E-state index is 13.0. The molecule has 10 heteroatoms. The van der Waals surface area contributed by atoms with Gasteiger partial charge < -0.3 is 24.9 Å². The van der Waals surface area contributed by atoms with Crippen LogP contribution < -0.4 is 5.32 Å². The van der Waals surface area contributed by atoms with Gasteiger partial charge in [0.25, 0.3) is 0 Å². The van der Waals surface area contributed by atoms with Gasteiger partial charge in [0.2, 0.25) is 5.91 Å². The summed E-state index contributed by atoms with van der Waals surface area (Å²) in [7, 11) is 1.41. The Morgan fingerprint density at radius 1 is 0.481 bits per heavy atom.